The number of H-pyrrole nitrogens is 1. The fourth-order valence-electron chi connectivity index (χ4n) is 5.04. The fraction of sp³-hybridized carbons (Fsp3) is 0.346. The predicted octanol–water partition coefficient (Wildman–Crippen LogP) is 3.78. The molecule has 2 unspecified atom stereocenters. The van der Waals surface area contributed by atoms with E-state index < -0.39 is 5.92 Å². The summed E-state index contributed by atoms with van der Waals surface area (Å²) < 4.78 is 0. The number of nitriles is 2. The third-order valence-electron chi connectivity index (χ3n) is 6.89. The Morgan fingerprint density at radius 3 is 2.53 bits per heavy atom. The first-order valence-electron chi connectivity index (χ1n) is 11.5. The van der Waals surface area contributed by atoms with Crippen molar-refractivity contribution < 1.29 is 0 Å². The predicted molar refractivity (Wildman–Crippen MR) is 131 cm³/mol. The van der Waals surface area contributed by atoms with E-state index in [4.69, 9.17) is 0 Å². The van der Waals surface area contributed by atoms with Crippen molar-refractivity contribution in [2.24, 2.45) is 10.9 Å². The summed E-state index contributed by atoms with van der Waals surface area (Å²) in [5.41, 5.74) is 6.12. The quantitative estimate of drug-likeness (QED) is 0.648. The molecule has 4 heterocycles. The lowest BCUT2D eigenvalue weighted by Gasteiger charge is -2.35. The molecule has 0 spiro atoms. The molecule has 0 bridgehead atoms. The Bertz CT molecular complexity index is 1350. The van der Waals surface area contributed by atoms with E-state index in [1.54, 1.807) is 0 Å². The molecule has 34 heavy (non-hydrogen) atoms. The average molecular weight is 451 g/mol. The van der Waals surface area contributed by atoms with Gasteiger partial charge in [0.2, 0.25) is 0 Å². The van der Waals surface area contributed by atoms with Crippen LogP contribution in [0.15, 0.2) is 59.0 Å². The van der Waals surface area contributed by atoms with Gasteiger partial charge in [0, 0.05) is 67.8 Å². The number of allylic oxidation sites excluding steroid dienone is 2. The van der Waals surface area contributed by atoms with E-state index >= 15 is 0 Å². The lowest BCUT2D eigenvalue weighted by molar-refractivity contribution is 0.248. The number of piperazine rings is 1. The van der Waals surface area contributed by atoms with Crippen molar-refractivity contribution in [3.05, 3.63) is 65.3 Å². The summed E-state index contributed by atoms with van der Waals surface area (Å²) in [6, 6.07) is 14.8. The Labute approximate surface area is 198 Å². The minimum Gasteiger partial charge on any atom is -0.369 e. The van der Waals surface area contributed by atoms with Crippen LogP contribution < -0.4 is 4.90 Å². The maximum Gasteiger partial charge on any atom is 0.0973 e. The van der Waals surface area contributed by atoms with Gasteiger partial charge in [-0.2, -0.15) is 15.6 Å². The van der Waals surface area contributed by atoms with E-state index in [0.29, 0.717) is 11.3 Å². The lowest BCUT2D eigenvalue weighted by Crippen LogP contribution is -2.46. The summed E-state index contributed by atoms with van der Waals surface area (Å²) in [6.07, 6.45) is 3.67. The topological polar surface area (TPSA) is 108 Å². The highest BCUT2D eigenvalue weighted by Gasteiger charge is 2.34. The summed E-state index contributed by atoms with van der Waals surface area (Å²) in [5.74, 6) is -0.768. The number of nitrogens with one attached hydrogen (secondary N) is 1. The van der Waals surface area contributed by atoms with Crippen LogP contribution in [0.25, 0.3) is 10.9 Å². The van der Waals surface area contributed by atoms with Crippen molar-refractivity contribution in [2.75, 3.05) is 31.1 Å². The fourth-order valence-corrected chi connectivity index (χ4v) is 5.04. The van der Waals surface area contributed by atoms with Crippen LogP contribution in [0.5, 0.6) is 0 Å². The molecule has 1 aromatic carbocycles. The molecule has 0 amide bonds. The first-order chi connectivity index (χ1) is 16.6. The molecular weight excluding hydrogens is 424 g/mol. The molecule has 0 saturated carbocycles. The monoisotopic (exact) mass is 450 g/mol. The van der Waals surface area contributed by atoms with Gasteiger partial charge in [-0.25, -0.2) is 0 Å². The first-order valence-corrected chi connectivity index (χ1v) is 11.5. The van der Waals surface area contributed by atoms with E-state index in [9.17, 15) is 10.5 Å². The molecule has 2 atom stereocenters. The van der Waals surface area contributed by atoms with Crippen LogP contribution in [0.4, 0.5) is 5.69 Å². The number of aromatic nitrogens is 3. The van der Waals surface area contributed by atoms with Crippen molar-refractivity contribution in [1.29, 1.82) is 10.5 Å². The number of rotatable bonds is 4. The van der Waals surface area contributed by atoms with Gasteiger partial charge in [-0.1, -0.05) is 6.07 Å². The molecule has 1 fully saturated rings. The van der Waals surface area contributed by atoms with Crippen molar-refractivity contribution >= 4 is 22.3 Å². The molecule has 5 rings (SSSR count). The zero-order chi connectivity index (χ0) is 23.7. The number of aromatic amines is 1. The van der Waals surface area contributed by atoms with Crippen LogP contribution in [-0.4, -0.2) is 52.0 Å². The first kappa shape index (κ1) is 21.8. The number of hydrogen-bond acceptors (Lipinski definition) is 7. The van der Waals surface area contributed by atoms with Crippen LogP contribution in [0.1, 0.15) is 31.0 Å². The second kappa shape index (κ2) is 9.09. The van der Waals surface area contributed by atoms with Gasteiger partial charge in [0.1, 0.15) is 0 Å². The summed E-state index contributed by atoms with van der Waals surface area (Å²) in [6.45, 7) is 8.32. The molecule has 0 aliphatic carbocycles. The minimum absolute atomic E-state index is 0.316. The average Bonchev–Trinajstić information content (AvgIpc) is 3.26. The van der Waals surface area contributed by atoms with E-state index in [1.165, 1.54) is 5.69 Å². The van der Waals surface area contributed by atoms with Crippen LogP contribution in [0.3, 0.4) is 0 Å². The van der Waals surface area contributed by atoms with Gasteiger partial charge in [-0.05, 0) is 43.7 Å². The molecular formula is C26H26N8. The van der Waals surface area contributed by atoms with Crippen molar-refractivity contribution in [3.63, 3.8) is 0 Å². The molecule has 170 valence electrons. The number of nitrogens with zero attached hydrogens (tertiary/aromatic N) is 7. The summed E-state index contributed by atoms with van der Waals surface area (Å²) in [7, 11) is 0. The van der Waals surface area contributed by atoms with Crippen LogP contribution in [0, 0.1) is 28.6 Å². The number of pyridine rings is 1. The summed E-state index contributed by atoms with van der Waals surface area (Å²) in [4.78, 5) is 13.4. The molecule has 2 aliphatic heterocycles. The maximum absolute atomic E-state index is 9.85. The van der Waals surface area contributed by atoms with Crippen molar-refractivity contribution in [1.82, 2.24) is 20.1 Å². The highest BCUT2D eigenvalue weighted by atomic mass is 15.3. The summed E-state index contributed by atoms with van der Waals surface area (Å²) >= 11 is 0. The van der Waals surface area contributed by atoms with E-state index in [-0.39, 0.29) is 5.92 Å². The molecule has 1 N–H and O–H groups in total. The number of hydrogen-bond donors (Lipinski definition) is 1. The molecule has 1 saturated heterocycles. The number of fused-ring (bicyclic) bond motifs is 1. The molecule has 8 heteroatoms. The second-order valence-electron chi connectivity index (χ2n) is 8.90. The highest BCUT2D eigenvalue weighted by molar-refractivity contribution is 5.91. The summed E-state index contributed by atoms with van der Waals surface area (Å²) in [5, 5.41) is 28.4. The molecule has 3 aromatic rings. The number of benzene rings is 1. The second-order valence-corrected chi connectivity index (χ2v) is 8.90. The third-order valence-corrected chi connectivity index (χ3v) is 6.89. The normalized spacial score (nSPS) is 21.3. The van der Waals surface area contributed by atoms with Gasteiger partial charge in [0.15, 0.2) is 0 Å². The van der Waals surface area contributed by atoms with Crippen molar-refractivity contribution in [3.8, 4) is 12.1 Å². The third kappa shape index (κ3) is 3.93. The SMILES string of the molecule is CC1=NC(C)=C(C#N)C(c2ccc3n[nH]c(CN4CCN(c5ccncc5)CC4)c3c2)C1C#N. The smallest absolute Gasteiger partial charge is 0.0973 e. The maximum atomic E-state index is 9.85. The van der Waals surface area contributed by atoms with Gasteiger partial charge in [-0.15, -0.1) is 0 Å². The molecule has 0 radical (unpaired) electrons. The lowest BCUT2D eigenvalue weighted by atomic mass is 9.76. The van der Waals surface area contributed by atoms with E-state index in [1.807, 2.05) is 38.4 Å². The van der Waals surface area contributed by atoms with Gasteiger partial charge in [0.05, 0.1) is 40.5 Å². The van der Waals surface area contributed by atoms with Crippen LogP contribution in [0.2, 0.25) is 0 Å². The Kier molecular flexibility index (Phi) is 5.83. The molecule has 8 nitrogen and oxygen atoms in total. The minimum atomic E-state index is -0.451. The Morgan fingerprint density at radius 1 is 1.06 bits per heavy atom. The van der Waals surface area contributed by atoms with Gasteiger partial charge in [-0.3, -0.25) is 20.0 Å². The number of aliphatic imine (C=N–C) groups is 1. The van der Waals surface area contributed by atoms with Gasteiger partial charge in [0.25, 0.3) is 0 Å². The Hall–Kier alpha value is -4.01. The number of anilines is 1. The highest BCUT2D eigenvalue weighted by Crippen LogP contribution is 2.39. The molecule has 2 aromatic heterocycles. The van der Waals surface area contributed by atoms with Crippen molar-refractivity contribution in [2.45, 2.75) is 26.3 Å². The van der Waals surface area contributed by atoms with E-state index in [0.717, 1.165) is 60.6 Å². The Balaban J connectivity index is 1.39. The van der Waals surface area contributed by atoms with Gasteiger partial charge < -0.3 is 4.90 Å². The van der Waals surface area contributed by atoms with Crippen LogP contribution >= 0.6 is 0 Å². The Morgan fingerprint density at radius 2 is 1.82 bits per heavy atom. The van der Waals surface area contributed by atoms with E-state index in [2.05, 4.69) is 60.3 Å². The zero-order valence-electron chi connectivity index (χ0n) is 19.4. The molecule has 2 aliphatic rings. The zero-order valence-corrected chi connectivity index (χ0v) is 19.4. The standard InChI is InChI=1S/C26H26N8/c1-17-22(14-27)26(23(15-28)18(2)30-17)19-3-4-24-21(13-19)25(32-31-24)16-33-9-11-34(12-10-33)20-5-7-29-8-6-20/h3-8,13,22,26H,9-12,16H2,1-2H3,(H,31,32). The largest absolute Gasteiger partial charge is 0.369 e. The van der Waals surface area contributed by atoms with Crippen LogP contribution in [-0.2, 0) is 6.54 Å². The van der Waals surface area contributed by atoms with Gasteiger partial charge >= 0.3 is 0 Å².